The summed E-state index contributed by atoms with van der Waals surface area (Å²) in [6.07, 6.45) is 0.776. The summed E-state index contributed by atoms with van der Waals surface area (Å²) in [6, 6.07) is 11.7. The zero-order chi connectivity index (χ0) is 14.5. The number of benzene rings is 2. The molecule has 4 nitrogen and oxygen atoms in total. The van der Waals surface area contributed by atoms with Crippen LogP contribution in [0.1, 0.15) is 15.9 Å². The zero-order valence-corrected chi connectivity index (χ0v) is 11.9. The minimum Gasteiger partial charge on any atom is -0.298 e. The molecule has 0 aromatic heterocycles. The van der Waals surface area contributed by atoms with E-state index in [0.29, 0.717) is 21.9 Å². The molecule has 0 bridgehead atoms. The lowest BCUT2D eigenvalue weighted by atomic mass is 10.2. The Labute approximate surface area is 124 Å². The van der Waals surface area contributed by atoms with Crippen LogP contribution in [0.25, 0.3) is 0 Å². The van der Waals surface area contributed by atoms with Crippen LogP contribution in [-0.2, 0) is 5.75 Å². The number of aldehydes is 1. The van der Waals surface area contributed by atoms with E-state index in [1.54, 1.807) is 24.3 Å². The lowest BCUT2D eigenvalue weighted by molar-refractivity contribution is -0.385. The van der Waals surface area contributed by atoms with E-state index in [9.17, 15) is 14.9 Å². The van der Waals surface area contributed by atoms with Gasteiger partial charge in [-0.15, -0.1) is 11.8 Å². The Bertz CT molecular complexity index is 643. The summed E-state index contributed by atoms with van der Waals surface area (Å²) in [5.74, 6) is 0.466. The highest BCUT2D eigenvalue weighted by Crippen LogP contribution is 2.30. The topological polar surface area (TPSA) is 60.2 Å². The first-order valence-corrected chi connectivity index (χ1v) is 7.07. The van der Waals surface area contributed by atoms with Gasteiger partial charge in [-0.25, -0.2) is 0 Å². The number of thioether (sulfide) groups is 1. The summed E-state index contributed by atoms with van der Waals surface area (Å²) < 4.78 is 0. The van der Waals surface area contributed by atoms with Crippen LogP contribution in [0.15, 0.2) is 47.4 Å². The highest BCUT2D eigenvalue weighted by molar-refractivity contribution is 7.98. The van der Waals surface area contributed by atoms with Crippen molar-refractivity contribution in [2.75, 3.05) is 0 Å². The number of carbonyl (C=O) groups excluding carboxylic acids is 1. The van der Waals surface area contributed by atoms with E-state index in [1.807, 2.05) is 12.1 Å². The van der Waals surface area contributed by atoms with E-state index < -0.39 is 4.92 Å². The molecule has 0 heterocycles. The van der Waals surface area contributed by atoms with Crippen molar-refractivity contribution < 1.29 is 9.72 Å². The number of halogens is 1. The average Bonchev–Trinajstić information content (AvgIpc) is 2.46. The second-order valence-corrected chi connectivity index (χ2v) is 5.49. The van der Waals surface area contributed by atoms with Crippen molar-refractivity contribution in [3.05, 3.63) is 68.7 Å². The van der Waals surface area contributed by atoms with E-state index >= 15 is 0 Å². The van der Waals surface area contributed by atoms with Crippen LogP contribution in [0, 0.1) is 10.1 Å². The standard InChI is InChI=1S/C14H10ClNO3S/c15-12-4-3-11(14(7-12)16(18)19)9-20-13-5-1-10(8-17)2-6-13/h1-8H,9H2. The molecule has 0 aliphatic heterocycles. The second kappa shape index (κ2) is 6.54. The summed E-state index contributed by atoms with van der Waals surface area (Å²) in [6.45, 7) is 0. The predicted octanol–water partition coefficient (Wildman–Crippen LogP) is 4.35. The zero-order valence-electron chi connectivity index (χ0n) is 10.3. The first kappa shape index (κ1) is 14.6. The van der Waals surface area contributed by atoms with Crippen LogP contribution in [0.5, 0.6) is 0 Å². The van der Waals surface area contributed by atoms with Crippen LogP contribution >= 0.6 is 23.4 Å². The van der Waals surface area contributed by atoms with Crippen molar-refractivity contribution in [3.8, 4) is 0 Å². The molecule has 0 atom stereocenters. The Morgan fingerprint density at radius 1 is 1.20 bits per heavy atom. The number of hydrogen-bond acceptors (Lipinski definition) is 4. The van der Waals surface area contributed by atoms with E-state index in [2.05, 4.69) is 0 Å². The molecular formula is C14H10ClNO3S. The molecule has 20 heavy (non-hydrogen) atoms. The molecule has 0 aliphatic carbocycles. The summed E-state index contributed by atoms with van der Waals surface area (Å²) in [7, 11) is 0. The summed E-state index contributed by atoms with van der Waals surface area (Å²) in [5, 5.41) is 11.3. The number of nitro benzene ring substituents is 1. The van der Waals surface area contributed by atoms with Gasteiger partial charge in [-0.1, -0.05) is 23.7 Å². The predicted molar refractivity (Wildman–Crippen MR) is 79.5 cm³/mol. The van der Waals surface area contributed by atoms with Crippen LogP contribution in [0.4, 0.5) is 5.69 Å². The van der Waals surface area contributed by atoms with Gasteiger partial charge in [0.05, 0.1) is 4.92 Å². The van der Waals surface area contributed by atoms with Crippen molar-refractivity contribution in [2.24, 2.45) is 0 Å². The van der Waals surface area contributed by atoms with Gasteiger partial charge in [-0.2, -0.15) is 0 Å². The molecule has 0 saturated carbocycles. The Morgan fingerprint density at radius 3 is 2.50 bits per heavy atom. The fraction of sp³-hybridized carbons (Fsp3) is 0.0714. The quantitative estimate of drug-likeness (QED) is 0.356. The van der Waals surface area contributed by atoms with Crippen molar-refractivity contribution in [1.82, 2.24) is 0 Å². The van der Waals surface area contributed by atoms with Gasteiger partial charge >= 0.3 is 0 Å². The molecule has 0 radical (unpaired) electrons. The third-order valence-corrected chi connectivity index (χ3v) is 3.95. The molecule has 2 aromatic carbocycles. The fourth-order valence-electron chi connectivity index (χ4n) is 1.63. The summed E-state index contributed by atoms with van der Waals surface area (Å²) in [5.41, 5.74) is 1.24. The number of carbonyl (C=O) groups is 1. The molecule has 0 N–H and O–H groups in total. The monoisotopic (exact) mass is 307 g/mol. The molecule has 6 heteroatoms. The first-order valence-electron chi connectivity index (χ1n) is 5.71. The number of nitrogens with zero attached hydrogens (tertiary/aromatic N) is 1. The number of nitro groups is 1. The highest BCUT2D eigenvalue weighted by Gasteiger charge is 2.14. The molecule has 2 rings (SSSR count). The van der Waals surface area contributed by atoms with Crippen molar-refractivity contribution in [3.63, 3.8) is 0 Å². The molecular weight excluding hydrogens is 298 g/mol. The fourth-order valence-corrected chi connectivity index (χ4v) is 2.69. The highest BCUT2D eigenvalue weighted by atomic mass is 35.5. The first-order chi connectivity index (χ1) is 9.60. The van der Waals surface area contributed by atoms with E-state index in [1.165, 1.54) is 17.8 Å². The van der Waals surface area contributed by atoms with Crippen LogP contribution in [0.2, 0.25) is 5.02 Å². The van der Waals surface area contributed by atoms with Crippen molar-refractivity contribution in [1.29, 1.82) is 0 Å². The van der Waals surface area contributed by atoms with Crippen molar-refractivity contribution in [2.45, 2.75) is 10.6 Å². The molecule has 0 fully saturated rings. The minimum absolute atomic E-state index is 0.0227. The lowest BCUT2D eigenvalue weighted by Crippen LogP contribution is -1.94. The number of rotatable bonds is 5. The SMILES string of the molecule is O=Cc1ccc(SCc2ccc(Cl)cc2[N+](=O)[O-])cc1. The Balaban J connectivity index is 2.13. The molecule has 2 aromatic rings. The van der Waals surface area contributed by atoms with Crippen LogP contribution in [0.3, 0.4) is 0 Å². The van der Waals surface area contributed by atoms with E-state index in [-0.39, 0.29) is 5.69 Å². The third-order valence-electron chi connectivity index (χ3n) is 2.65. The number of hydrogen-bond donors (Lipinski definition) is 0. The average molecular weight is 308 g/mol. The van der Waals surface area contributed by atoms with Gasteiger partial charge in [0.2, 0.25) is 0 Å². The van der Waals surface area contributed by atoms with Crippen LogP contribution in [-0.4, -0.2) is 11.2 Å². The summed E-state index contributed by atoms with van der Waals surface area (Å²) >= 11 is 7.23. The maximum Gasteiger partial charge on any atom is 0.274 e. The lowest BCUT2D eigenvalue weighted by Gasteiger charge is -2.04. The van der Waals surface area contributed by atoms with Gasteiger partial charge < -0.3 is 0 Å². The normalized spacial score (nSPS) is 10.2. The van der Waals surface area contributed by atoms with Gasteiger partial charge in [0.15, 0.2) is 0 Å². The van der Waals surface area contributed by atoms with Gasteiger partial charge in [-0.3, -0.25) is 14.9 Å². The molecule has 0 amide bonds. The van der Waals surface area contributed by atoms with Gasteiger partial charge in [0, 0.05) is 32.9 Å². The Kier molecular flexibility index (Phi) is 4.76. The Hall–Kier alpha value is -1.85. The third kappa shape index (κ3) is 3.59. The largest absolute Gasteiger partial charge is 0.298 e. The summed E-state index contributed by atoms with van der Waals surface area (Å²) in [4.78, 5) is 22.0. The molecule has 0 saturated heterocycles. The van der Waals surface area contributed by atoms with Gasteiger partial charge in [0.25, 0.3) is 5.69 Å². The molecule has 102 valence electrons. The smallest absolute Gasteiger partial charge is 0.274 e. The van der Waals surface area contributed by atoms with Gasteiger partial charge in [-0.05, 0) is 24.3 Å². The minimum atomic E-state index is -0.433. The van der Waals surface area contributed by atoms with E-state index in [4.69, 9.17) is 11.6 Å². The molecule has 0 unspecified atom stereocenters. The van der Waals surface area contributed by atoms with Crippen LogP contribution < -0.4 is 0 Å². The van der Waals surface area contributed by atoms with Gasteiger partial charge in [0.1, 0.15) is 6.29 Å². The second-order valence-electron chi connectivity index (χ2n) is 4.01. The maximum absolute atomic E-state index is 11.0. The maximum atomic E-state index is 11.0. The molecule has 0 aliphatic rings. The Morgan fingerprint density at radius 2 is 1.90 bits per heavy atom. The van der Waals surface area contributed by atoms with Crippen molar-refractivity contribution >= 4 is 35.3 Å². The molecule has 0 spiro atoms. The van der Waals surface area contributed by atoms with E-state index in [0.717, 1.165) is 11.2 Å².